The molecule has 0 aliphatic rings. The Labute approximate surface area is 142 Å². The molecule has 2 heterocycles. The Morgan fingerprint density at radius 3 is 2.78 bits per heavy atom. The highest BCUT2D eigenvalue weighted by molar-refractivity contribution is 7.13. The first kappa shape index (κ1) is 15.7. The Balaban J connectivity index is 1.70. The smallest absolute Gasteiger partial charge is 0.348 e. The number of hydrogen-bond acceptors (Lipinski definition) is 6. The highest BCUT2D eigenvalue weighted by Crippen LogP contribution is 2.32. The minimum Gasteiger partial charge on any atom is -0.496 e. The Morgan fingerprint density at radius 2 is 2.04 bits per heavy atom. The third-order valence-corrected chi connectivity index (χ3v) is 5.21. The monoisotopic (exact) mass is 345 g/mol. The van der Waals surface area contributed by atoms with Gasteiger partial charge in [-0.05, 0) is 36.1 Å². The number of carbonyl (C=O) groups excluding carboxylic acids is 1. The fraction of sp³-hybridized carbons (Fsp3) is 0.176. The Bertz CT molecular complexity index is 823. The second kappa shape index (κ2) is 6.93. The lowest BCUT2D eigenvalue weighted by molar-refractivity contribution is 0.0473. The maximum absolute atomic E-state index is 12.0. The second-order valence-electron chi connectivity index (χ2n) is 4.85. The van der Waals surface area contributed by atoms with Gasteiger partial charge in [-0.3, -0.25) is 0 Å². The molecule has 0 fully saturated rings. The van der Waals surface area contributed by atoms with Crippen molar-refractivity contribution in [1.82, 2.24) is 4.98 Å². The summed E-state index contributed by atoms with van der Waals surface area (Å²) in [6.07, 6.45) is 0. The van der Waals surface area contributed by atoms with E-state index in [2.05, 4.69) is 4.98 Å². The first-order chi connectivity index (χ1) is 11.2. The summed E-state index contributed by atoms with van der Waals surface area (Å²) in [5.74, 6) is 0.476. The number of carbonyl (C=O) groups is 1. The van der Waals surface area contributed by atoms with E-state index in [0.29, 0.717) is 4.88 Å². The van der Waals surface area contributed by atoms with Crippen LogP contribution in [0.15, 0.2) is 41.1 Å². The predicted octanol–water partition coefficient (Wildman–Crippen LogP) is 4.55. The second-order valence-corrected chi connectivity index (χ2v) is 6.63. The molecule has 0 saturated carbocycles. The molecular formula is C17H15NO3S2. The third-order valence-electron chi connectivity index (χ3n) is 3.29. The maximum atomic E-state index is 12.0. The van der Waals surface area contributed by atoms with Crippen LogP contribution in [-0.4, -0.2) is 18.1 Å². The van der Waals surface area contributed by atoms with Crippen molar-refractivity contribution in [3.63, 3.8) is 0 Å². The van der Waals surface area contributed by atoms with Crippen molar-refractivity contribution >= 4 is 28.6 Å². The molecule has 4 nitrogen and oxygen atoms in total. The molecule has 2 aromatic heterocycles. The minimum absolute atomic E-state index is 0.168. The first-order valence-electron chi connectivity index (χ1n) is 6.98. The molecule has 0 aliphatic carbocycles. The topological polar surface area (TPSA) is 48.4 Å². The highest BCUT2D eigenvalue weighted by Gasteiger charge is 2.14. The van der Waals surface area contributed by atoms with Crippen molar-refractivity contribution in [3.05, 3.63) is 57.2 Å². The maximum Gasteiger partial charge on any atom is 0.348 e. The molecular weight excluding hydrogens is 330 g/mol. The number of hydrogen-bond donors (Lipinski definition) is 0. The Kier molecular flexibility index (Phi) is 4.73. The molecule has 0 amide bonds. The Hall–Kier alpha value is -2.18. The quantitative estimate of drug-likeness (QED) is 0.637. The number of aromatic nitrogens is 1. The van der Waals surface area contributed by atoms with Gasteiger partial charge in [-0.25, -0.2) is 9.78 Å². The van der Waals surface area contributed by atoms with E-state index in [1.54, 1.807) is 7.11 Å². The van der Waals surface area contributed by atoms with E-state index in [1.807, 2.05) is 48.0 Å². The average Bonchev–Trinajstić information content (AvgIpc) is 3.21. The van der Waals surface area contributed by atoms with Gasteiger partial charge in [0.05, 0.1) is 18.4 Å². The normalized spacial score (nSPS) is 10.5. The number of para-hydroxylation sites is 1. The van der Waals surface area contributed by atoms with Crippen LogP contribution in [0.3, 0.4) is 0 Å². The summed E-state index contributed by atoms with van der Waals surface area (Å²) in [4.78, 5) is 17.2. The molecule has 23 heavy (non-hydrogen) atoms. The van der Waals surface area contributed by atoms with Crippen LogP contribution < -0.4 is 4.74 Å². The van der Waals surface area contributed by atoms with Crippen molar-refractivity contribution in [1.29, 1.82) is 0 Å². The van der Waals surface area contributed by atoms with Crippen LogP contribution in [0.1, 0.15) is 20.9 Å². The number of thiophene rings is 1. The number of benzene rings is 1. The van der Waals surface area contributed by atoms with Gasteiger partial charge < -0.3 is 9.47 Å². The zero-order valence-corrected chi connectivity index (χ0v) is 14.4. The number of thiazole rings is 1. The van der Waals surface area contributed by atoms with Crippen LogP contribution in [0.2, 0.25) is 0 Å². The predicted molar refractivity (Wildman–Crippen MR) is 92.3 cm³/mol. The van der Waals surface area contributed by atoms with Gasteiger partial charge in [-0.1, -0.05) is 12.1 Å². The summed E-state index contributed by atoms with van der Waals surface area (Å²) in [5, 5.41) is 4.63. The van der Waals surface area contributed by atoms with Crippen molar-refractivity contribution < 1.29 is 14.3 Å². The minimum atomic E-state index is -0.302. The molecule has 1 aromatic carbocycles. The van der Waals surface area contributed by atoms with E-state index in [0.717, 1.165) is 27.6 Å². The van der Waals surface area contributed by atoms with Gasteiger partial charge in [-0.15, -0.1) is 22.7 Å². The molecule has 0 saturated heterocycles. The number of aryl methyl sites for hydroxylation is 1. The molecule has 0 aliphatic heterocycles. The summed E-state index contributed by atoms with van der Waals surface area (Å²) in [7, 11) is 1.64. The molecule has 0 atom stereocenters. The molecule has 3 rings (SSSR count). The fourth-order valence-electron chi connectivity index (χ4n) is 2.11. The first-order valence-corrected chi connectivity index (χ1v) is 8.74. The van der Waals surface area contributed by atoms with Gasteiger partial charge in [-0.2, -0.15) is 0 Å². The number of methoxy groups -OCH3 is 1. The van der Waals surface area contributed by atoms with E-state index < -0.39 is 0 Å². The summed E-state index contributed by atoms with van der Waals surface area (Å²) in [6, 6.07) is 9.63. The Morgan fingerprint density at radius 1 is 1.22 bits per heavy atom. The lowest BCUT2D eigenvalue weighted by atomic mass is 10.2. The van der Waals surface area contributed by atoms with Gasteiger partial charge in [0.25, 0.3) is 0 Å². The number of ether oxygens (including phenoxy) is 2. The lowest BCUT2D eigenvalue weighted by Gasteiger charge is -2.04. The van der Waals surface area contributed by atoms with Crippen LogP contribution in [-0.2, 0) is 11.3 Å². The zero-order chi connectivity index (χ0) is 16.2. The van der Waals surface area contributed by atoms with E-state index in [-0.39, 0.29) is 12.6 Å². The largest absolute Gasteiger partial charge is 0.496 e. The average molecular weight is 345 g/mol. The van der Waals surface area contributed by atoms with E-state index in [9.17, 15) is 4.79 Å². The van der Waals surface area contributed by atoms with Gasteiger partial charge in [0, 0.05) is 5.38 Å². The van der Waals surface area contributed by atoms with Crippen LogP contribution in [0.5, 0.6) is 5.75 Å². The standard InChI is InChI=1S/C17H15NO3S2/c1-11-7-8-22-15(11)17(19)21-9-12-10-23-16(18-12)13-5-3-4-6-14(13)20-2/h3-8,10H,9H2,1-2H3. The van der Waals surface area contributed by atoms with Crippen LogP contribution in [0.25, 0.3) is 10.6 Å². The van der Waals surface area contributed by atoms with Gasteiger partial charge in [0.1, 0.15) is 22.2 Å². The van der Waals surface area contributed by atoms with Crippen molar-refractivity contribution in [2.45, 2.75) is 13.5 Å². The van der Waals surface area contributed by atoms with Gasteiger partial charge in [0.15, 0.2) is 0 Å². The SMILES string of the molecule is COc1ccccc1-c1nc(COC(=O)c2sccc2C)cs1. The van der Waals surface area contributed by atoms with Gasteiger partial charge in [0.2, 0.25) is 0 Å². The van der Waals surface area contributed by atoms with Crippen LogP contribution in [0.4, 0.5) is 0 Å². The highest BCUT2D eigenvalue weighted by atomic mass is 32.1. The number of esters is 1. The van der Waals surface area contributed by atoms with E-state index >= 15 is 0 Å². The zero-order valence-electron chi connectivity index (χ0n) is 12.7. The van der Waals surface area contributed by atoms with Crippen molar-refractivity contribution in [2.24, 2.45) is 0 Å². The number of rotatable bonds is 5. The van der Waals surface area contributed by atoms with Crippen molar-refractivity contribution in [2.75, 3.05) is 7.11 Å². The molecule has 0 N–H and O–H groups in total. The fourth-order valence-corrected chi connectivity index (χ4v) is 3.76. The third kappa shape index (κ3) is 3.43. The number of nitrogens with zero attached hydrogens (tertiary/aromatic N) is 1. The van der Waals surface area contributed by atoms with Crippen molar-refractivity contribution in [3.8, 4) is 16.3 Å². The molecule has 0 unspecified atom stereocenters. The van der Waals surface area contributed by atoms with E-state index in [1.165, 1.54) is 22.7 Å². The molecule has 0 spiro atoms. The van der Waals surface area contributed by atoms with Crippen LogP contribution in [0, 0.1) is 6.92 Å². The molecule has 118 valence electrons. The molecule has 6 heteroatoms. The summed E-state index contributed by atoms with van der Waals surface area (Å²) < 4.78 is 10.7. The lowest BCUT2D eigenvalue weighted by Crippen LogP contribution is -2.04. The summed E-state index contributed by atoms with van der Waals surface area (Å²) in [5.41, 5.74) is 2.61. The molecule has 0 bridgehead atoms. The molecule has 0 radical (unpaired) electrons. The summed E-state index contributed by atoms with van der Waals surface area (Å²) in [6.45, 7) is 2.07. The molecule has 3 aromatic rings. The summed E-state index contributed by atoms with van der Waals surface area (Å²) >= 11 is 2.90. The van der Waals surface area contributed by atoms with Crippen LogP contribution >= 0.6 is 22.7 Å². The van der Waals surface area contributed by atoms with E-state index in [4.69, 9.17) is 9.47 Å². The van der Waals surface area contributed by atoms with Gasteiger partial charge >= 0.3 is 5.97 Å².